The van der Waals surface area contributed by atoms with Crippen molar-refractivity contribution in [1.82, 2.24) is 0 Å². The fraction of sp³-hybridized carbons (Fsp3) is 0.143. The van der Waals surface area contributed by atoms with E-state index in [2.05, 4.69) is 0 Å². The molecule has 2 heterocycles. The molecule has 0 radical (unpaired) electrons. The average Bonchev–Trinajstić information content (AvgIpc) is 3.96. The maximum absolute atomic E-state index is 12.8. The van der Waals surface area contributed by atoms with Gasteiger partial charge in [0.25, 0.3) is 0 Å². The second kappa shape index (κ2) is 14.9. The Morgan fingerprint density at radius 2 is 0.706 bits per heavy atom. The van der Waals surface area contributed by atoms with Gasteiger partial charge in [-0.15, -0.1) is 0 Å². The van der Waals surface area contributed by atoms with Crippen LogP contribution in [0.5, 0.6) is 69.0 Å². The van der Waals surface area contributed by atoms with Crippen LogP contribution in [0, 0.1) is 0 Å². The highest BCUT2D eigenvalue weighted by Crippen LogP contribution is 2.72. The predicted octanol–water partition coefficient (Wildman–Crippen LogP) is 10.4. The first-order valence-electron chi connectivity index (χ1n) is 22.2. The van der Waals surface area contributed by atoms with Crippen molar-refractivity contribution in [3.63, 3.8) is 0 Å². The molecular weight excluding hydrogens is 865 g/mol. The Hall–Kier alpha value is -8.64. The molecule has 8 aromatic carbocycles. The molecule has 2 aliphatic heterocycles. The van der Waals surface area contributed by atoms with E-state index < -0.39 is 47.7 Å². The number of hydrogen-bond donors (Lipinski definition) is 10. The minimum atomic E-state index is -0.838. The maximum atomic E-state index is 12.8. The van der Waals surface area contributed by atoms with Gasteiger partial charge in [0, 0.05) is 70.2 Å². The summed E-state index contributed by atoms with van der Waals surface area (Å²) in [7, 11) is 0. The van der Waals surface area contributed by atoms with E-state index in [9.17, 15) is 51.1 Å². The Morgan fingerprint density at radius 3 is 1.26 bits per heavy atom. The summed E-state index contributed by atoms with van der Waals surface area (Å²) in [4.78, 5) is 0. The lowest BCUT2D eigenvalue weighted by Crippen LogP contribution is -2.21. The highest BCUT2D eigenvalue weighted by molar-refractivity contribution is 5.74. The van der Waals surface area contributed by atoms with Gasteiger partial charge < -0.3 is 60.5 Å². The first-order chi connectivity index (χ1) is 32.8. The molecule has 12 heteroatoms. The van der Waals surface area contributed by atoms with Crippen molar-refractivity contribution in [2.24, 2.45) is 0 Å². The lowest BCUT2D eigenvalue weighted by atomic mass is 9.68. The molecule has 0 spiro atoms. The molecule has 0 saturated heterocycles. The van der Waals surface area contributed by atoms with Crippen molar-refractivity contribution in [3.8, 4) is 69.0 Å². The molecule has 0 saturated carbocycles. The predicted molar refractivity (Wildman–Crippen MR) is 248 cm³/mol. The van der Waals surface area contributed by atoms with Crippen LogP contribution >= 0.6 is 0 Å². The van der Waals surface area contributed by atoms with E-state index >= 15 is 0 Å². The Labute approximate surface area is 388 Å². The smallest absolute Gasteiger partial charge is 0.135 e. The third kappa shape index (κ3) is 6.20. The van der Waals surface area contributed by atoms with E-state index in [0.29, 0.717) is 72.7 Å². The Balaban J connectivity index is 1.20. The van der Waals surface area contributed by atoms with Gasteiger partial charge in [0.05, 0.1) is 11.8 Å². The number of hydrogen-bond acceptors (Lipinski definition) is 12. The van der Waals surface area contributed by atoms with Crippen LogP contribution in [0.25, 0.3) is 0 Å². The van der Waals surface area contributed by atoms with Crippen LogP contribution in [-0.2, 0) is 0 Å². The zero-order chi connectivity index (χ0) is 46.9. The highest BCUT2D eigenvalue weighted by Gasteiger charge is 2.57. The van der Waals surface area contributed by atoms with Gasteiger partial charge in [-0.25, -0.2) is 0 Å². The van der Waals surface area contributed by atoms with E-state index in [4.69, 9.17) is 9.47 Å². The fourth-order valence-corrected chi connectivity index (χ4v) is 12.0. The van der Waals surface area contributed by atoms with Gasteiger partial charge in [0.15, 0.2) is 0 Å². The van der Waals surface area contributed by atoms with E-state index in [1.165, 1.54) is 30.3 Å². The molecule has 0 amide bonds. The molecular formula is C56H42O12. The molecule has 0 aromatic heterocycles. The first kappa shape index (κ1) is 40.8. The first-order valence-corrected chi connectivity index (χ1v) is 22.2. The minimum absolute atomic E-state index is 0.0105. The molecule has 2 aliphatic carbocycles. The molecule has 8 atom stereocenters. The molecule has 12 nitrogen and oxygen atoms in total. The lowest BCUT2D eigenvalue weighted by Gasteiger charge is -2.35. The molecule has 4 aliphatic rings. The molecule has 338 valence electrons. The summed E-state index contributed by atoms with van der Waals surface area (Å²) < 4.78 is 13.7. The number of phenols is 10. The number of aromatic hydroxyl groups is 10. The third-order valence-corrected chi connectivity index (χ3v) is 14.4. The molecule has 12 rings (SSSR count). The molecule has 0 bridgehead atoms. The second-order valence-electron chi connectivity index (χ2n) is 18.2. The maximum Gasteiger partial charge on any atom is 0.135 e. The Kier molecular flexibility index (Phi) is 8.97. The monoisotopic (exact) mass is 906 g/mol. The summed E-state index contributed by atoms with van der Waals surface area (Å²) in [6.07, 6.45) is -1.59. The summed E-state index contributed by atoms with van der Waals surface area (Å²) in [6.45, 7) is 0. The quantitative estimate of drug-likeness (QED) is 0.0753. The van der Waals surface area contributed by atoms with Crippen molar-refractivity contribution in [2.45, 2.75) is 47.7 Å². The standard InChI is InChI=1S/C56H42O12/c57-30-9-1-25(2-10-30)44-47-38(20-36(63)22-40(47)65)50-52-43(68-56(50)28-7-15-33(60)16-8-28)24-41(66)51-49(45(53(44)54(51)52)26-3-11-31(58)12-4-26)39-21-37(64)23-42-48(39)46(29-17-34(61)19-35(62)18-29)55(67-42)27-5-13-32(59)14-6-27/h1-24,44-46,49-50,53,55-66H/t44-,45-,46+,49-,50-,53+,55-,56+/m0/s1. The van der Waals surface area contributed by atoms with E-state index in [1.54, 1.807) is 103 Å². The lowest BCUT2D eigenvalue weighted by molar-refractivity contribution is 0.221. The summed E-state index contributed by atoms with van der Waals surface area (Å²) in [5.74, 6) is -4.72. The SMILES string of the molecule is Oc1ccc([C@H]2c3c(O)cc(O)cc3[C@H]3c4c(cc(O)c5c4[C@H]2[C@@H](c2ccc(O)cc2)[C@@H]5c2cc(O)cc4c2[C@@H](c2cc(O)cc(O)c2)[C@H](c2ccc(O)cc2)O4)O[C@@H]3c2ccc(O)cc2)cc1. The second-order valence-corrected chi connectivity index (χ2v) is 18.2. The van der Waals surface area contributed by atoms with E-state index in [1.807, 2.05) is 12.1 Å². The van der Waals surface area contributed by atoms with Crippen LogP contribution in [-0.4, -0.2) is 51.1 Å². The number of benzene rings is 8. The van der Waals surface area contributed by atoms with Crippen LogP contribution in [0.15, 0.2) is 146 Å². The van der Waals surface area contributed by atoms with Gasteiger partial charge in [0.1, 0.15) is 81.2 Å². The van der Waals surface area contributed by atoms with Crippen LogP contribution in [0.2, 0.25) is 0 Å². The average molecular weight is 907 g/mol. The van der Waals surface area contributed by atoms with E-state index in [0.717, 1.165) is 5.56 Å². The zero-order valence-corrected chi connectivity index (χ0v) is 35.8. The number of phenolic OH excluding ortho intramolecular Hbond substituents is 10. The van der Waals surface area contributed by atoms with Gasteiger partial charge in [-0.2, -0.15) is 0 Å². The molecule has 8 aromatic rings. The van der Waals surface area contributed by atoms with Gasteiger partial charge in [-0.3, -0.25) is 0 Å². The fourth-order valence-electron chi connectivity index (χ4n) is 12.0. The van der Waals surface area contributed by atoms with Crippen molar-refractivity contribution in [1.29, 1.82) is 0 Å². The normalized spacial score (nSPS) is 22.6. The topological polar surface area (TPSA) is 221 Å². The van der Waals surface area contributed by atoms with Crippen LogP contribution < -0.4 is 9.47 Å². The molecule has 0 fully saturated rings. The van der Waals surface area contributed by atoms with Gasteiger partial charge >= 0.3 is 0 Å². The number of ether oxygens (including phenoxy) is 2. The van der Waals surface area contributed by atoms with Gasteiger partial charge in [-0.1, -0.05) is 48.5 Å². The third-order valence-electron chi connectivity index (χ3n) is 14.4. The van der Waals surface area contributed by atoms with Crippen LogP contribution in [0.3, 0.4) is 0 Å². The molecule has 0 unspecified atom stereocenters. The Bertz CT molecular complexity index is 3310. The van der Waals surface area contributed by atoms with Gasteiger partial charge in [0.2, 0.25) is 0 Å². The summed E-state index contributed by atoms with van der Waals surface area (Å²) in [6, 6.07) is 38.6. The molecule has 10 N–H and O–H groups in total. The Morgan fingerprint density at radius 1 is 0.265 bits per heavy atom. The van der Waals surface area contributed by atoms with Crippen molar-refractivity contribution in [3.05, 3.63) is 212 Å². The van der Waals surface area contributed by atoms with Crippen LogP contribution in [0.4, 0.5) is 0 Å². The molecule has 68 heavy (non-hydrogen) atoms. The largest absolute Gasteiger partial charge is 0.508 e. The van der Waals surface area contributed by atoms with Crippen molar-refractivity contribution < 1.29 is 60.5 Å². The van der Waals surface area contributed by atoms with Crippen molar-refractivity contribution in [2.75, 3.05) is 0 Å². The highest BCUT2D eigenvalue weighted by atomic mass is 16.5. The zero-order valence-electron chi connectivity index (χ0n) is 35.8. The summed E-state index contributed by atoms with van der Waals surface area (Å²) in [5, 5.41) is 112. The summed E-state index contributed by atoms with van der Waals surface area (Å²) >= 11 is 0. The minimum Gasteiger partial charge on any atom is -0.508 e. The van der Waals surface area contributed by atoms with E-state index in [-0.39, 0.29) is 57.5 Å². The van der Waals surface area contributed by atoms with Crippen molar-refractivity contribution >= 4 is 0 Å². The van der Waals surface area contributed by atoms with Crippen LogP contribution in [0.1, 0.15) is 114 Å². The summed E-state index contributed by atoms with van der Waals surface area (Å²) in [5.41, 5.74) is 7.26. The number of fused-ring (bicyclic) bond motifs is 3. The van der Waals surface area contributed by atoms with Gasteiger partial charge in [-0.05, 0) is 117 Å². The number of rotatable bonds is 6.